The first-order valence-electron chi connectivity index (χ1n) is 3.25. The summed E-state index contributed by atoms with van der Waals surface area (Å²) in [5.74, 6) is 0. The Morgan fingerprint density at radius 2 is 1.75 bits per heavy atom. The standard InChI is InChI=1S/C8H6Br4/c1-8(11,12)5-3-2-4-6(9)7(5)10/h2-4H,1H3. The predicted octanol–water partition coefficient (Wildman–Crippen LogP) is 5.17. The van der Waals surface area contributed by atoms with Gasteiger partial charge in [-0.1, -0.05) is 44.0 Å². The molecule has 0 aliphatic carbocycles. The summed E-state index contributed by atoms with van der Waals surface area (Å²) >= 11 is 14.0. The van der Waals surface area contributed by atoms with E-state index in [0.29, 0.717) is 0 Å². The number of rotatable bonds is 1. The van der Waals surface area contributed by atoms with E-state index in [1.54, 1.807) is 0 Å². The van der Waals surface area contributed by atoms with Crippen LogP contribution in [0.3, 0.4) is 0 Å². The van der Waals surface area contributed by atoms with Crippen LogP contribution in [-0.4, -0.2) is 0 Å². The molecule has 0 unspecified atom stereocenters. The first-order chi connectivity index (χ1) is 5.43. The average Bonchev–Trinajstić information content (AvgIpc) is 1.92. The molecule has 0 aliphatic heterocycles. The Hall–Kier alpha value is 1.14. The monoisotopic (exact) mass is 418 g/mol. The molecule has 0 radical (unpaired) electrons. The Bertz CT molecular complexity index is 288. The van der Waals surface area contributed by atoms with Crippen LogP contribution >= 0.6 is 63.7 Å². The average molecular weight is 422 g/mol. The lowest BCUT2D eigenvalue weighted by molar-refractivity contribution is 1.05. The van der Waals surface area contributed by atoms with Crippen LogP contribution in [0.5, 0.6) is 0 Å². The third-order valence-electron chi connectivity index (χ3n) is 1.42. The third-order valence-corrected chi connectivity index (χ3v) is 4.33. The lowest BCUT2D eigenvalue weighted by atomic mass is 10.2. The molecule has 4 heteroatoms. The maximum atomic E-state index is 3.54. The molecule has 0 amide bonds. The van der Waals surface area contributed by atoms with E-state index in [-0.39, 0.29) is 3.23 Å². The van der Waals surface area contributed by atoms with Crippen molar-refractivity contribution in [3.05, 3.63) is 32.7 Å². The number of alkyl halides is 2. The molecule has 0 atom stereocenters. The Morgan fingerprint density at radius 3 is 2.17 bits per heavy atom. The minimum Gasteiger partial charge on any atom is -0.0677 e. The van der Waals surface area contributed by atoms with E-state index in [0.717, 1.165) is 14.5 Å². The third kappa shape index (κ3) is 2.56. The fourth-order valence-corrected chi connectivity index (χ4v) is 3.06. The van der Waals surface area contributed by atoms with Gasteiger partial charge in [-0.2, -0.15) is 0 Å². The molecule has 0 spiro atoms. The summed E-state index contributed by atoms with van der Waals surface area (Å²) in [5, 5.41) is 0. The second-order valence-electron chi connectivity index (χ2n) is 2.49. The van der Waals surface area contributed by atoms with E-state index in [2.05, 4.69) is 69.8 Å². The van der Waals surface area contributed by atoms with Gasteiger partial charge in [0.05, 0.1) is 0 Å². The Morgan fingerprint density at radius 1 is 1.17 bits per heavy atom. The van der Waals surface area contributed by atoms with Crippen LogP contribution in [0.1, 0.15) is 12.5 Å². The molecule has 0 saturated heterocycles. The fraction of sp³-hybridized carbons (Fsp3) is 0.250. The molecule has 0 nitrogen and oxygen atoms in total. The zero-order valence-corrected chi connectivity index (χ0v) is 12.6. The van der Waals surface area contributed by atoms with Crippen LogP contribution < -0.4 is 0 Å². The maximum absolute atomic E-state index is 3.54. The maximum Gasteiger partial charge on any atom is 0.104 e. The van der Waals surface area contributed by atoms with Crippen LogP contribution in [0.2, 0.25) is 0 Å². The summed E-state index contributed by atoms with van der Waals surface area (Å²) in [6, 6.07) is 6.06. The van der Waals surface area contributed by atoms with Crippen LogP contribution in [-0.2, 0) is 3.23 Å². The zero-order valence-electron chi connectivity index (χ0n) is 6.24. The van der Waals surface area contributed by atoms with Crippen LogP contribution in [0.4, 0.5) is 0 Å². The highest BCUT2D eigenvalue weighted by Gasteiger charge is 2.21. The van der Waals surface area contributed by atoms with Gasteiger partial charge in [-0.3, -0.25) is 0 Å². The van der Waals surface area contributed by atoms with Gasteiger partial charge in [-0.05, 0) is 50.4 Å². The molecule has 0 fully saturated rings. The van der Waals surface area contributed by atoms with Crippen molar-refractivity contribution in [2.24, 2.45) is 0 Å². The van der Waals surface area contributed by atoms with Crippen molar-refractivity contribution < 1.29 is 0 Å². The van der Waals surface area contributed by atoms with Gasteiger partial charge >= 0.3 is 0 Å². The van der Waals surface area contributed by atoms with E-state index in [1.165, 1.54) is 0 Å². The van der Waals surface area contributed by atoms with E-state index in [1.807, 2.05) is 19.1 Å². The van der Waals surface area contributed by atoms with E-state index >= 15 is 0 Å². The smallest absolute Gasteiger partial charge is 0.0677 e. The molecule has 66 valence electrons. The van der Waals surface area contributed by atoms with Gasteiger partial charge in [0, 0.05) is 8.95 Å². The van der Waals surface area contributed by atoms with Crippen LogP contribution in [0.15, 0.2) is 27.1 Å². The van der Waals surface area contributed by atoms with Crippen molar-refractivity contribution in [3.63, 3.8) is 0 Å². The normalized spacial score (nSPS) is 11.8. The quantitative estimate of drug-likeness (QED) is 0.549. The number of halogens is 4. The van der Waals surface area contributed by atoms with E-state index in [4.69, 9.17) is 0 Å². The van der Waals surface area contributed by atoms with Crippen molar-refractivity contribution in [3.8, 4) is 0 Å². The summed E-state index contributed by atoms with van der Waals surface area (Å²) < 4.78 is 1.95. The number of hydrogen-bond acceptors (Lipinski definition) is 0. The summed E-state index contributed by atoms with van der Waals surface area (Å²) in [6.45, 7) is 2.04. The van der Waals surface area contributed by atoms with Gasteiger partial charge in [0.1, 0.15) is 3.23 Å². The molecule has 12 heavy (non-hydrogen) atoms. The Balaban J connectivity index is 3.26. The lowest BCUT2D eigenvalue weighted by Crippen LogP contribution is -2.03. The fourth-order valence-electron chi connectivity index (χ4n) is 0.843. The number of hydrogen-bond donors (Lipinski definition) is 0. The molecule has 1 rings (SSSR count). The van der Waals surface area contributed by atoms with Gasteiger partial charge in [0.15, 0.2) is 0 Å². The molecule has 0 aliphatic rings. The summed E-state index contributed by atoms with van der Waals surface area (Å²) in [6.07, 6.45) is 0. The SMILES string of the molecule is CC(Br)(Br)c1cccc(Br)c1Br. The lowest BCUT2D eigenvalue weighted by Gasteiger charge is -2.17. The predicted molar refractivity (Wildman–Crippen MR) is 67.0 cm³/mol. The molecule has 0 N–H and O–H groups in total. The van der Waals surface area contributed by atoms with Gasteiger partial charge in [0.25, 0.3) is 0 Å². The van der Waals surface area contributed by atoms with Crippen molar-refractivity contribution in [2.45, 2.75) is 10.2 Å². The summed E-state index contributed by atoms with van der Waals surface area (Å²) in [4.78, 5) is 0. The molecular formula is C8H6Br4. The molecule has 0 saturated carbocycles. The van der Waals surface area contributed by atoms with Crippen LogP contribution in [0, 0.1) is 0 Å². The van der Waals surface area contributed by atoms with Gasteiger partial charge < -0.3 is 0 Å². The highest BCUT2D eigenvalue weighted by Crippen LogP contribution is 2.43. The molecule has 1 aromatic rings. The highest BCUT2D eigenvalue weighted by molar-refractivity contribution is 9.24. The largest absolute Gasteiger partial charge is 0.104 e. The van der Waals surface area contributed by atoms with Crippen molar-refractivity contribution in [1.82, 2.24) is 0 Å². The highest BCUT2D eigenvalue weighted by atomic mass is 79.9. The van der Waals surface area contributed by atoms with E-state index in [9.17, 15) is 0 Å². The van der Waals surface area contributed by atoms with Crippen molar-refractivity contribution in [2.75, 3.05) is 0 Å². The first-order valence-corrected chi connectivity index (χ1v) is 6.42. The van der Waals surface area contributed by atoms with E-state index < -0.39 is 0 Å². The van der Waals surface area contributed by atoms with Crippen LogP contribution in [0.25, 0.3) is 0 Å². The molecular weight excluding hydrogens is 416 g/mol. The van der Waals surface area contributed by atoms with Crippen molar-refractivity contribution >= 4 is 63.7 Å². The topological polar surface area (TPSA) is 0 Å². The Kier molecular flexibility index (Phi) is 3.84. The molecule has 0 aromatic heterocycles. The van der Waals surface area contributed by atoms with Gasteiger partial charge in [-0.25, -0.2) is 0 Å². The van der Waals surface area contributed by atoms with Crippen molar-refractivity contribution in [1.29, 1.82) is 0 Å². The summed E-state index contributed by atoms with van der Waals surface area (Å²) in [5.41, 5.74) is 1.16. The zero-order chi connectivity index (χ0) is 9.35. The molecule has 0 bridgehead atoms. The number of benzene rings is 1. The minimum absolute atomic E-state index is 0.178. The summed E-state index contributed by atoms with van der Waals surface area (Å²) in [7, 11) is 0. The molecule has 1 aromatic carbocycles. The second-order valence-corrected chi connectivity index (χ2v) is 8.37. The molecule has 0 heterocycles. The van der Waals surface area contributed by atoms with Gasteiger partial charge in [-0.15, -0.1) is 0 Å². The second kappa shape index (κ2) is 4.11. The minimum atomic E-state index is -0.178. The Labute approximate surface area is 106 Å². The first kappa shape index (κ1) is 11.2. The van der Waals surface area contributed by atoms with Gasteiger partial charge in [0.2, 0.25) is 0 Å².